The van der Waals surface area contributed by atoms with Gasteiger partial charge in [0, 0.05) is 22.5 Å². The van der Waals surface area contributed by atoms with Crippen molar-refractivity contribution in [3.05, 3.63) is 5.82 Å². The summed E-state index contributed by atoms with van der Waals surface area (Å²) in [7, 11) is 0. The van der Waals surface area contributed by atoms with E-state index < -0.39 is 5.97 Å². The van der Waals surface area contributed by atoms with Crippen molar-refractivity contribution < 1.29 is 9.90 Å². The molecule has 0 saturated heterocycles. The lowest BCUT2D eigenvalue weighted by atomic mass is 9.96. The molecule has 5 nitrogen and oxygen atoms in total. The monoisotopic (exact) mass is 271 g/mol. The average Bonchev–Trinajstić information content (AvgIpc) is 2.59. The molecule has 102 valence electrons. The third-order valence-electron chi connectivity index (χ3n) is 2.42. The Morgan fingerprint density at radius 1 is 1.28 bits per heavy atom. The summed E-state index contributed by atoms with van der Waals surface area (Å²) in [5, 5.41) is 9.65. The maximum Gasteiger partial charge on any atom is 0.323 e. The molecule has 0 radical (unpaired) electrons. The first kappa shape index (κ1) is 14.9. The van der Waals surface area contributed by atoms with Gasteiger partial charge in [-0.2, -0.15) is 4.37 Å². The molecule has 0 aromatic carbocycles. The number of nitrogens with zero attached hydrogens (tertiary/aromatic N) is 3. The van der Waals surface area contributed by atoms with Gasteiger partial charge in [-0.05, 0) is 20.8 Å². The summed E-state index contributed by atoms with van der Waals surface area (Å²) in [5.41, 5.74) is -0.422. The van der Waals surface area contributed by atoms with Gasteiger partial charge in [-0.3, -0.25) is 4.79 Å². The smallest absolute Gasteiger partial charge is 0.323 e. The molecule has 0 amide bonds. The molecule has 0 aliphatic heterocycles. The Bertz CT molecular complexity index is 429. The number of rotatable bonds is 3. The second-order valence-electron chi connectivity index (χ2n) is 6.30. The van der Waals surface area contributed by atoms with Gasteiger partial charge in [-0.25, -0.2) is 4.98 Å². The third-order valence-corrected chi connectivity index (χ3v) is 3.16. The van der Waals surface area contributed by atoms with Crippen LogP contribution in [0.15, 0.2) is 0 Å². The van der Waals surface area contributed by atoms with E-state index >= 15 is 0 Å². The lowest BCUT2D eigenvalue weighted by molar-refractivity contribution is -0.135. The highest BCUT2D eigenvalue weighted by Gasteiger charge is 2.28. The number of carboxylic acid groups (broad SMARTS) is 1. The van der Waals surface area contributed by atoms with Crippen molar-refractivity contribution in [1.82, 2.24) is 9.36 Å². The number of carboxylic acids is 1. The van der Waals surface area contributed by atoms with E-state index in [0.29, 0.717) is 5.13 Å². The molecule has 0 saturated carbocycles. The summed E-state index contributed by atoms with van der Waals surface area (Å²) in [6.07, 6.45) is 0. The fraction of sp³-hybridized carbons (Fsp3) is 0.750. The summed E-state index contributed by atoms with van der Waals surface area (Å²) >= 11 is 1.25. The largest absolute Gasteiger partial charge is 0.480 e. The molecular weight excluding hydrogens is 250 g/mol. The zero-order chi connectivity index (χ0) is 14.1. The van der Waals surface area contributed by atoms with Crippen molar-refractivity contribution in [1.29, 1.82) is 0 Å². The minimum Gasteiger partial charge on any atom is -0.480 e. The molecule has 18 heavy (non-hydrogen) atoms. The molecule has 1 aromatic heterocycles. The molecule has 1 N–H and O–H groups in total. The van der Waals surface area contributed by atoms with Gasteiger partial charge in [0.15, 0.2) is 0 Å². The Morgan fingerprint density at radius 3 is 2.17 bits per heavy atom. The Kier molecular flexibility index (Phi) is 4.00. The van der Waals surface area contributed by atoms with Gasteiger partial charge in [-0.15, -0.1) is 0 Å². The first-order valence-electron chi connectivity index (χ1n) is 5.85. The second kappa shape index (κ2) is 4.84. The Labute approximate surface area is 112 Å². The van der Waals surface area contributed by atoms with Crippen molar-refractivity contribution in [2.24, 2.45) is 0 Å². The number of carbonyl (C=O) groups is 1. The number of aromatic nitrogens is 2. The predicted molar refractivity (Wildman–Crippen MR) is 73.3 cm³/mol. The van der Waals surface area contributed by atoms with Gasteiger partial charge >= 0.3 is 5.97 Å². The second-order valence-corrected chi connectivity index (χ2v) is 7.03. The fourth-order valence-corrected chi connectivity index (χ4v) is 2.40. The van der Waals surface area contributed by atoms with E-state index in [4.69, 9.17) is 5.11 Å². The Hall–Kier alpha value is -1.17. The molecule has 0 unspecified atom stereocenters. The van der Waals surface area contributed by atoms with Gasteiger partial charge in [-0.1, -0.05) is 20.8 Å². The van der Waals surface area contributed by atoms with Gasteiger partial charge < -0.3 is 10.0 Å². The molecule has 1 heterocycles. The number of hydrogen-bond donors (Lipinski definition) is 1. The Balaban J connectivity index is 3.07. The van der Waals surface area contributed by atoms with Crippen LogP contribution in [-0.2, 0) is 10.2 Å². The summed E-state index contributed by atoms with van der Waals surface area (Å²) in [6, 6.07) is 0. The SMILES string of the molecule is CC(C)(C)c1nsc(N(CC(=O)O)C(C)(C)C)n1. The summed E-state index contributed by atoms with van der Waals surface area (Å²) in [5.74, 6) is -0.112. The highest BCUT2D eigenvalue weighted by molar-refractivity contribution is 7.09. The molecule has 0 bridgehead atoms. The zero-order valence-corrected chi connectivity index (χ0v) is 12.6. The quantitative estimate of drug-likeness (QED) is 0.915. The van der Waals surface area contributed by atoms with Crippen LogP contribution in [0.3, 0.4) is 0 Å². The van der Waals surface area contributed by atoms with Crippen LogP contribution in [0.25, 0.3) is 0 Å². The van der Waals surface area contributed by atoms with Crippen LogP contribution in [-0.4, -0.2) is 32.5 Å². The van der Waals surface area contributed by atoms with E-state index in [1.165, 1.54) is 11.5 Å². The van der Waals surface area contributed by atoms with E-state index in [-0.39, 0.29) is 17.5 Å². The maximum atomic E-state index is 10.9. The summed E-state index contributed by atoms with van der Waals surface area (Å²) in [6.45, 7) is 11.9. The van der Waals surface area contributed by atoms with Crippen molar-refractivity contribution >= 4 is 22.6 Å². The molecule has 0 fully saturated rings. The van der Waals surface area contributed by atoms with Gasteiger partial charge in [0.25, 0.3) is 0 Å². The van der Waals surface area contributed by atoms with E-state index in [0.717, 1.165) is 5.82 Å². The van der Waals surface area contributed by atoms with Gasteiger partial charge in [0.2, 0.25) is 5.13 Å². The molecule has 6 heteroatoms. The summed E-state index contributed by atoms with van der Waals surface area (Å²) < 4.78 is 4.33. The van der Waals surface area contributed by atoms with E-state index in [9.17, 15) is 4.79 Å². The fourth-order valence-electron chi connectivity index (χ4n) is 1.36. The van der Waals surface area contributed by atoms with Crippen LogP contribution in [0, 0.1) is 0 Å². The predicted octanol–water partition coefficient (Wildman–Crippen LogP) is 2.53. The van der Waals surface area contributed by atoms with Gasteiger partial charge in [0.1, 0.15) is 12.4 Å². The minimum absolute atomic E-state index is 0.0672. The summed E-state index contributed by atoms with van der Waals surface area (Å²) in [4.78, 5) is 17.2. The van der Waals surface area contributed by atoms with Crippen molar-refractivity contribution in [3.63, 3.8) is 0 Å². The molecule has 0 spiro atoms. The first-order valence-corrected chi connectivity index (χ1v) is 6.63. The van der Waals surface area contributed by atoms with Crippen LogP contribution < -0.4 is 4.90 Å². The maximum absolute atomic E-state index is 10.9. The normalized spacial score (nSPS) is 12.6. The molecule has 0 aliphatic carbocycles. The molecule has 0 aliphatic rings. The van der Waals surface area contributed by atoms with Crippen LogP contribution in [0.4, 0.5) is 5.13 Å². The van der Waals surface area contributed by atoms with Gasteiger partial charge in [0.05, 0.1) is 0 Å². The highest BCUT2D eigenvalue weighted by Crippen LogP contribution is 2.29. The number of anilines is 1. The highest BCUT2D eigenvalue weighted by atomic mass is 32.1. The Morgan fingerprint density at radius 2 is 1.83 bits per heavy atom. The molecule has 1 rings (SSSR count). The topological polar surface area (TPSA) is 66.3 Å². The lowest BCUT2D eigenvalue weighted by Gasteiger charge is -2.33. The van der Waals surface area contributed by atoms with Crippen LogP contribution >= 0.6 is 11.5 Å². The third kappa shape index (κ3) is 3.66. The average molecular weight is 271 g/mol. The molecular formula is C12H21N3O2S. The van der Waals surface area contributed by atoms with Crippen molar-refractivity contribution in [2.45, 2.75) is 52.5 Å². The van der Waals surface area contributed by atoms with E-state index in [1.54, 1.807) is 4.90 Å². The van der Waals surface area contributed by atoms with Crippen molar-refractivity contribution in [2.75, 3.05) is 11.4 Å². The first-order chi connectivity index (χ1) is 8.01. The number of hydrogen-bond acceptors (Lipinski definition) is 5. The minimum atomic E-state index is -0.863. The van der Waals surface area contributed by atoms with Crippen LogP contribution in [0.2, 0.25) is 0 Å². The lowest BCUT2D eigenvalue weighted by Crippen LogP contribution is -2.44. The van der Waals surface area contributed by atoms with Crippen LogP contribution in [0.5, 0.6) is 0 Å². The number of aliphatic carboxylic acids is 1. The van der Waals surface area contributed by atoms with E-state index in [2.05, 4.69) is 9.36 Å². The standard InChI is InChI=1S/C12H21N3O2S/c1-11(2,3)9-13-10(18-14-9)15(7-8(16)17)12(4,5)6/h7H2,1-6H3,(H,16,17). The zero-order valence-electron chi connectivity index (χ0n) is 11.8. The van der Waals surface area contributed by atoms with Crippen molar-refractivity contribution in [3.8, 4) is 0 Å². The molecule has 1 aromatic rings. The molecule has 0 atom stereocenters. The van der Waals surface area contributed by atoms with E-state index in [1.807, 2.05) is 41.5 Å². The van der Waals surface area contributed by atoms with Crippen LogP contribution in [0.1, 0.15) is 47.4 Å².